The SMILES string of the molecule is CCn1c(-c2ccccc2C)nn(CN2CCC(C(=O)c3ccc(OC)cc3)CC2)c1=S. The lowest BCUT2D eigenvalue weighted by Gasteiger charge is -2.30. The molecule has 0 radical (unpaired) electrons. The Hall–Kier alpha value is -2.77. The van der Waals surface area contributed by atoms with Crippen molar-refractivity contribution in [1.82, 2.24) is 19.2 Å². The predicted octanol–water partition coefficient (Wildman–Crippen LogP) is 4.97. The van der Waals surface area contributed by atoms with Crippen LogP contribution >= 0.6 is 12.2 Å². The molecule has 1 aliphatic heterocycles. The molecule has 1 saturated heterocycles. The monoisotopic (exact) mass is 450 g/mol. The quantitative estimate of drug-likeness (QED) is 0.376. The van der Waals surface area contributed by atoms with E-state index in [0.717, 1.165) is 59.9 Å². The van der Waals surface area contributed by atoms with E-state index in [-0.39, 0.29) is 11.7 Å². The van der Waals surface area contributed by atoms with Crippen molar-refractivity contribution in [3.8, 4) is 17.1 Å². The van der Waals surface area contributed by atoms with Crippen LogP contribution in [0.4, 0.5) is 0 Å². The van der Waals surface area contributed by atoms with Gasteiger partial charge >= 0.3 is 0 Å². The minimum absolute atomic E-state index is 0.0587. The number of hydrogen-bond acceptors (Lipinski definition) is 5. The number of ketones is 1. The Bertz CT molecular complexity index is 1140. The van der Waals surface area contributed by atoms with E-state index >= 15 is 0 Å². The molecule has 1 aromatic heterocycles. The lowest BCUT2D eigenvalue weighted by molar-refractivity contribution is 0.0803. The van der Waals surface area contributed by atoms with Crippen LogP contribution in [0.5, 0.6) is 5.75 Å². The molecule has 0 unspecified atom stereocenters. The number of hydrogen-bond donors (Lipinski definition) is 0. The van der Waals surface area contributed by atoms with E-state index in [9.17, 15) is 4.79 Å². The van der Waals surface area contributed by atoms with Gasteiger partial charge < -0.3 is 9.30 Å². The number of carbonyl (C=O) groups is 1. The maximum Gasteiger partial charge on any atom is 0.199 e. The number of aromatic nitrogens is 3. The number of aryl methyl sites for hydroxylation is 1. The average Bonchev–Trinajstić information content (AvgIpc) is 3.14. The molecule has 2 aromatic carbocycles. The second-order valence-corrected chi connectivity index (χ2v) is 8.66. The molecular formula is C25H30N4O2S. The molecule has 0 spiro atoms. The minimum atomic E-state index is 0.0587. The van der Waals surface area contributed by atoms with Crippen molar-refractivity contribution in [2.75, 3.05) is 20.2 Å². The number of nitrogens with zero attached hydrogens (tertiary/aromatic N) is 4. The van der Waals surface area contributed by atoms with Gasteiger partial charge in [0.1, 0.15) is 5.75 Å². The van der Waals surface area contributed by atoms with Crippen molar-refractivity contribution in [3.05, 3.63) is 64.4 Å². The van der Waals surface area contributed by atoms with Crippen LogP contribution in [-0.2, 0) is 13.2 Å². The highest BCUT2D eigenvalue weighted by atomic mass is 32.1. The van der Waals surface area contributed by atoms with Crippen LogP contribution in [-0.4, -0.2) is 45.2 Å². The third-order valence-electron chi connectivity index (χ3n) is 6.29. The summed E-state index contributed by atoms with van der Waals surface area (Å²) in [5.41, 5.74) is 3.06. The van der Waals surface area contributed by atoms with Gasteiger partial charge in [-0.2, -0.15) is 5.10 Å². The number of likely N-dealkylation sites (tertiary alicyclic amines) is 1. The van der Waals surface area contributed by atoms with Crippen molar-refractivity contribution in [2.45, 2.75) is 39.9 Å². The molecule has 0 amide bonds. The van der Waals surface area contributed by atoms with Crippen LogP contribution in [0, 0.1) is 17.6 Å². The second-order valence-electron chi connectivity index (χ2n) is 8.29. The van der Waals surface area contributed by atoms with Crippen LogP contribution in [0.2, 0.25) is 0 Å². The fourth-order valence-electron chi connectivity index (χ4n) is 4.36. The fourth-order valence-corrected chi connectivity index (χ4v) is 4.67. The second kappa shape index (κ2) is 9.79. The molecule has 2 heterocycles. The summed E-state index contributed by atoms with van der Waals surface area (Å²) in [7, 11) is 1.63. The summed E-state index contributed by atoms with van der Waals surface area (Å²) >= 11 is 5.75. The van der Waals surface area contributed by atoms with E-state index in [0.29, 0.717) is 6.67 Å². The zero-order valence-corrected chi connectivity index (χ0v) is 19.8. The normalized spacial score (nSPS) is 15.1. The van der Waals surface area contributed by atoms with Crippen molar-refractivity contribution >= 4 is 18.0 Å². The van der Waals surface area contributed by atoms with Gasteiger partial charge in [0.15, 0.2) is 16.4 Å². The topological polar surface area (TPSA) is 52.3 Å². The number of piperidine rings is 1. The van der Waals surface area contributed by atoms with Crippen molar-refractivity contribution in [1.29, 1.82) is 0 Å². The third-order valence-corrected chi connectivity index (χ3v) is 6.72. The van der Waals surface area contributed by atoms with E-state index in [1.54, 1.807) is 7.11 Å². The zero-order valence-electron chi connectivity index (χ0n) is 19.0. The molecule has 3 aromatic rings. The van der Waals surface area contributed by atoms with Gasteiger partial charge in [-0.05, 0) is 68.7 Å². The van der Waals surface area contributed by atoms with Gasteiger partial charge in [-0.25, -0.2) is 4.68 Å². The minimum Gasteiger partial charge on any atom is -0.497 e. The highest BCUT2D eigenvalue weighted by molar-refractivity contribution is 7.71. The van der Waals surface area contributed by atoms with E-state index < -0.39 is 0 Å². The molecule has 0 aliphatic carbocycles. The molecule has 0 atom stereocenters. The molecule has 6 nitrogen and oxygen atoms in total. The number of rotatable bonds is 7. The Morgan fingerprint density at radius 3 is 2.44 bits per heavy atom. The Morgan fingerprint density at radius 1 is 1.12 bits per heavy atom. The van der Waals surface area contributed by atoms with Gasteiger partial charge in [0.25, 0.3) is 0 Å². The number of carbonyl (C=O) groups excluding carboxylic acids is 1. The standard InChI is InChI=1S/C25H30N4O2S/c1-4-28-24(22-8-6-5-7-18(22)2)26-29(25(28)32)17-27-15-13-20(14-16-27)23(30)19-9-11-21(31-3)12-10-19/h5-12,20H,4,13-17H2,1-3H3. The number of ether oxygens (including phenoxy) is 1. The summed E-state index contributed by atoms with van der Waals surface area (Å²) in [5.74, 6) is 1.97. The summed E-state index contributed by atoms with van der Waals surface area (Å²) in [6.07, 6.45) is 1.69. The molecule has 0 saturated carbocycles. The first-order valence-corrected chi connectivity index (χ1v) is 11.6. The Kier molecular flexibility index (Phi) is 6.86. The lowest BCUT2D eigenvalue weighted by Crippen LogP contribution is -2.37. The van der Waals surface area contributed by atoms with Crippen LogP contribution < -0.4 is 4.74 Å². The molecule has 4 rings (SSSR count). The maximum absolute atomic E-state index is 12.9. The lowest BCUT2D eigenvalue weighted by atomic mass is 9.89. The van der Waals surface area contributed by atoms with Crippen molar-refractivity contribution < 1.29 is 9.53 Å². The van der Waals surface area contributed by atoms with Crippen LogP contribution in [0.25, 0.3) is 11.4 Å². The van der Waals surface area contributed by atoms with Gasteiger partial charge in [-0.15, -0.1) is 0 Å². The van der Waals surface area contributed by atoms with E-state index in [2.05, 4.69) is 35.4 Å². The maximum atomic E-state index is 12.9. The summed E-state index contributed by atoms with van der Waals surface area (Å²) in [6.45, 7) is 7.33. The van der Waals surface area contributed by atoms with Gasteiger partial charge in [0.2, 0.25) is 0 Å². The molecule has 32 heavy (non-hydrogen) atoms. The molecule has 0 bridgehead atoms. The van der Waals surface area contributed by atoms with Crippen LogP contribution in [0.3, 0.4) is 0 Å². The van der Waals surface area contributed by atoms with Gasteiger partial charge in [-0.1, -0.05) is 24.3 Å². The smallest absolute Gasteiger partial charge is 0.199 e. The molecule has 7 heteroatoms. The zero-order chi connectivity index (χ0) is 22.7. The Labute approximate surface area is 194 Å². The van der Waals surface area contributed by atoms with Gasteiger partial charge in [0.05, 0.1) is 13.8 Å². The first-order valence-electron chi connectivity index (χ1n) is 11.2. The highest BCUT2D eigenvalue weighted by Gasteiger charge is 2.26. The number of Topliss-reactive ketones (excluding diaryl/α,β-unsaturated/α-hetero) is 1. The summed E-state index contributed by atoms with van der Waals surface area (Å²) in [5, 5.41) is 4.88. The molecule has 0 N–H and O–H groups in total. The van der Waals surface area contributed by atoms with Crippen LogP contribution in [0.1, 0.15) is 35.7 Å². The van der Waals surface area contributed by atoms with Crippen molar-refractivity contribution in [3.63, 3.8) is 0 Å². The van der Waals surface area contributed by atoms with Gasteiger partial charge in [0, 0.05) is 36.7 Å². The predicted molar refractivity (Wildman–Crippen MR) is 129 cm³/mol. The van der Waals surface area contributed by atoms with Crippen molar-refractivity contribution in [2.24, 2.45) is 5.92 Å². The van der Waals surface area contributed by atoms with E-state index in [1.165, 1.54) is 5.56 Å². The molecular weight excluding hydrogens is 420 g/mol. The fraction of sp³-hybridized carbons (Fsp3) is 0.400. The van der Waals surface area contributed by atoms with E-state index in [1.807, 2.05) is 41.1 Å². The molecule has 168 valence electrons. The highest BCUT2D eigenvalue weighted by Crippen LogP contribution is 2.25. The van der Waals surface area contributed by atoms with Crippen LogP contribution in [0.15, 0.2) is 48.5 Å². The summed E-state index contributed by atoms with van der Waals surface area (Å²) < 4.78 is 9.95. The summed E-state index contributed by atoms with van der Waals surface area (Å²) in [6, 6.07) is 15.7. The Balaban J connectivity index is 1.43. The largest absolute Gasteiger partial charge is 0.497 e. The van der Waals surface area contributed by atoms with Gasteiger partial charge in [-0.3, -0.25) is 9.69 Å². The Morgan fingerprint density at radius 2 is 1.81 bits per heavy atom. The molecule has 1 aliphatic rings. The number of methoxy groups -OCH3 is 1. The van der Waals surface area contributed by atoms with E-state index in [4.69, 9.17) is 22.1 Å². The first kappa shape index (κ1) is 22.4. The average molecular weight is 451 g/mol. The third kappa shape index (κ3) is 4.54. The number of benzene rings is 2. The summed E-state index contributed by atoms with van der Waals surface area (Å²) in [4.78, 5) is 15.2. The molecule has 1 fully saturated rings. The first-order chi connectivity index (χ1) is 15.5.